The highest BCUT2D eigenvalue weighted by Crippen LogP contribution is 2.66. The summed E-state index contributed by atoms with van der Waals surface area (Å²) in [6, 6.07) is 26.4. The number of ether oxygens (including phenoxy) is 1. The Labute approximate surface area is 245 Å². The second-order valence-corrected chi connectivity index (χ2v) is 13.5. The zero-order valence-corrected chi connectivity index (χ0v) is 24.4. The van der Waals surface area contributed by atoms with Crippen LogP contribution >= 0.6 is 27.5 Å². The van der Waals surface area contributed by atoms with Crippen molar-refractivity contribution in [3.8, 4) is 5.75 Å². The van der Waals surface area contributed by atoms with Crippen LogP contribution in [-0.4, -0.2) is 40.9 Å². The maximum absolute atomic E-state index is 14.6. The van der Waals surface area contributed by atoms with Gasteiger partial charge in [-0.2, -0.15) is 4.31 Å². The molecule has 1 N–H and O–H groups in total. The van der Waals surface area contributed by atoms with Gasteiger partial charge in [0.25, 0.3) is 0 Å². The minimum absolute atomic E-state index is 0.0451. The summed E-state index contributed by atoms with van der Waals surface area (Å²) in [7, 11) is -2.91. The first-order chi connectivity index (χ1) is 19.1. The van der Waals surface area contributed by atoms with Crippen LogP contribution in [0.2, 0.25) is 5.02 Å². The third-order valence-corrected chi connectivity index (χ3v) is 10.6. The number of carbonyl (C=O) groups is 1. The van der Waals surface area contributed by atoms with E-state index in [-0.39, 0.29) is 23.0 Å². The summed E-state index contributed by atoms with van der Waals surface area (Å²) in [5.74, 6) is -1.91. The third-order valence-electron chi connectivity index (χ3n) is 7.76. The van der Waals surface area contributed by atoms with E-state index < -0.39 is 38.2 Å². The number of benzene rings is 3. The van der Waals surface area contributed by atoms with Gasteiger partial charge in [0.2, 0.25) is 15.6 Å². The molecular weight excluding hydrogens is 616 g/mol. The maximum atomic E-state index is 14.6. The number of carbonyl (C=O) groups excluding carboxylic acids is 1. The van der Waals surface area contributed by atoms with Crippen LogP contribution in [0, 0.1) is 0 Å². The van der Waals surface area contributed by atoms with Crippen molar-refractivity contribution in [1.29, 1.82) is 0 Å². The molecule has 1 fully saturated rings. The summed E-state index contributed by atoms with van der Waals surface area (Å²) in [5, 5.41) is 11.2. The highest BCUT2D eigenvalue weighted by atomic mass is 79.9. The molecule has 1 aliphatic heterocycles. The Morgan fingerprint density at radius 2 is 1.65 bits per heavy atom. The molecule has 1 aliphatic carbocycles. The van der Waals surface area contributed by atoms with Gasteiger partial charge in [-0.1, -0.05) is 100 Å². The van der Waals surface area contributed by atoms with Crippen molar-refractivity contribution >= 4 is 43.3 Å². The number of hydrogen-bond acceptors (Lipinski definition) is 6. The topological polar surface area (TPSA) is 96.8 Å². The van der Waals surface area contributed by atoms with Gasteiger partial charge < -0.3 is 9.84 Å². The maximum Gasteiger partial charge on any atom is 0.225 e. The molecule has 6 rings (SSSR count). The Bertz CT molecular complexity index is 1710. The molecule has 1 aromatic heterocycles. The second-order valence-electron chi connectivity index (χ2n) is 10.0. The number of ketones is 1. The second kappa shape index (κ2) is 9.78. The van der Waals surface area contributed by atoms with Crippen molar-refractivity contribution in [3.63, 3.8) is 0 Å². The zero-order chi connectivity index (χ0) is 28.3. The summed E-state index contributed by atoms with van der Waals surface area (Å²) in [6.07, 6.45) is 1.31. The van der Waals surface area contributed by atoms with Crippen LogP contribution in [0.5, 0.6) is 5.75 Å². The van der Waals surface area contributed by atoms with Crippen LogP contribution in [0.1, 0.15) is 28.3 Å². The summed E-state index contributed by atoms with van der Waals surface area (Å²) >= 11 is 9.67. The highest BCUT2D eigenvalue weighted by molar-refractivity contribution is 9.10. The minimum Gasteiger partial charge on any atom is -0.476 e. The Morgan fingerprint density at radius 3 is 2.30 bits per heavy atom. The molecule has 0 radical (unpaired) electrons. The van der Waals surface area contributed by atoms with Crippen LogP contribution in [0.25, 0.3) is 0 Å². The quantitative estimate of drug-likeness (QED) is 0.313. The number of nitrogens with zero attached hydrogens (tertiary/aromatic N) is 2. The highest BCUT2D eigenvalue weighted by Gasteiger charge is 2.79. The number of Topliss-reactive ketones (excluding diaryl/α,β-unsaturated/α-hetero) is 1. The van der Waals surface area contributed by atoms with Gasteiger partial charge in [0.15, 0.2) is 11.4 Å². The Morgan fingerprint density at radius 1 is 1.02 bits per heavy atom. The minimum atomic E-state index is -4.35. The lowest BCUT2D eigenvalue weighted by molar-refractivity contribution is -0.151. The Kier molecular flexibility index (Phi) is 6.63. The van der Waals surface area contributed by atoms with Gasteiger partial charge in [-0.3, -0.25) is 9.78 Å². The number of pyridine rings is 1. The van der Waals surface area contributed by atoms with Crippen LogP contribution in [0.15, 0.2) is 102 Å². The molecule has 4 atom stereocenters. The lowest BCUT2D eigenvalue weighted by Gasteiger charge is -2.39. The number of rotatable bonds is 6. The monoisotopic (exact) mass is 638 g/mol. The predicted molar refractivity (Wildman–Crippen MR) is 154 cm³/mol. The first-order valence-corrected chi connectivity index (χ1v) is 15.2. The molecule has 0 spiro atoms. The molecule has 204 valence electrons. The standard InChI is InChI=1S/C30H24BrClN2O5S/c1-34(18-19-8-4-2-5-9-19)40(37,38)26-25(20-10-6-3-7-11-20)30(21-12-14-22(31)15-13-21)29(36,28(26)35)27-24(39-30)16-23(32)17-33-27/h2-17,25-26,36H,18H2,1H3/t25-,26?,29+,30+/m1/s1. The molecular formula is C30H24BrClN2O5S. The van der Waals surface area contributed by atoms with E-state index in [0.29, 0.717) is 11.1 Å². The molecule has 1 saturated carbocycles. The lowest BCUT2D eigenvalue weighted by atomic mass is 9.72. The largest absolute Gasteiger partial charge is 0.476 e. The number of halogens is 2. The fourth-order valence-corrected chi connectivity index (χ4v) is 8.26. The van der Waals surface area contributed by atoms with E-state index in [2.05, 4.69) is 20.9 Å². The van der Waals surface area contributed by atoms with Gasteiger partial charge in [0.05, 0.1) is 10.9 Å². The number of aromatic nitrogens is 1. The molecule has 0 amide bonds. The van der Waals surface area contributed by atoms with Crippen molar-refractivity contribution in [3.05, 3.63) is 129 Å². The molecule has 2 aliphatic rings. The van der Waals surface area contributed by atoms with Crippen molar-refractivity contribution in [2.24, 2.45) is 0 Å². The van der Waals surface area contributed by atoms with E-state index in [4.69, 9.17) is 16.3 Å². The molecule has 7 nitrogen and oxygen atoms in total. The van der Waals surface area contributed by atoms with E-state index in [9.17, 15) is 18.3 Å². The van der Waals surface area contributed by atoms with Crippen molar-refractivity contribution in [2.45, 2.75) is 28.9 Å². The SMILES string of the molecule is CN(Cc1ccccc1)S(=O)(=O)C1C(=O)[C@@]2(O)c3ncc(Cl)cc3O[C@@]2(c2ccc(Br)cc2)[C@@H]1c1ccccc1. The molecule has 40 heavy (non-hydrogen) atoms. The predicted octanol–water partition coefficient (Wildman–Crippen LogP) is 5.17. The molecule has 0 saturated heterocycles. The van der Waals surface area contributed by atoms with Crippen molar-refractivity contribution in [1.82, 2.24) is 9.29 Å². The Balaban J connectivity index is 1.62. The fourth-order valence-electron chi connectivity index (χ4n) is 6.00. The number of sulfonamides is 1. The summed E-state index contributed by atoms with van der Waals surface area (Å²) < 4.78 is 37.3. The lowest BCUT2D eigenvalue weighted by Crippen LogP contribution is -2.51. The first kappa shape index (κ1) is 27.1. The first-order valence-electron chi connectivity index (χ1n) is 12.5. The number of fused-ring (bicyclic) bond motifs is 3. The van der Waals surface area contributed by atoms with Gasteiger partial charge in [-0.15, -0.1) is 0 Å². The summed E-state index contributed by atoms with van der Waals surface area (Å²) in [5.41, 5.74) is -2.62. The average molecular weight is 640 g/mol. The van der Waals surface area contributed by atoms with Crippen LogP contribution in [-0.2, 0) is 32.6 Å². The van der Waals surface area contributed by atoms with Gasteiger partial charge in [0.1, 0.15) is 16.7 Å². The van der Waals surface area contributed by atoms with Crippen molar-refractivity contribution in [2.75, 3.05) is 7.05 Å². The molecule has 0 bridgehead atoms. The van der Waals surface area contributed by atoms with E-state index in [0.717, 1.165) is 14.3 Å². The molecule has 1 unspecified atom stereocenters. The third kappa shape index (κ3) is 3.87. The van der Waals surface area contributed by atoms with E-state index >= 15 is 0 Å². The molecule has 4 aromatic rings. The normalized spacial score (nSPS) is 25.5. The van der Waals surface area contributed by atoms with E-state index in [1.165, 1.54) is 19.3 Å². The average Bonchev–Trinajstić information content (AvgIpc) is 3.32. The molecule has 3 aromatic carbocycles. The van der Waals surface area contributed by atoms with Crippen LogP contribution < -0.4 is 4.74 Å². The van der Waals surface area contributed by atoms with Gasteiger partial charge in [-0.25, -0.2) is 8.42 Å². The van der Waals surface area contributed by atoms with E-state index in [1.807, 2.05) is 30.3 Å². The smallest absolute Gasteiger partial charge is 0.225 e. The van der Waals surface area contributed by atoms with Gasteiger partial charge in [0, 0.05) is 30.3 Å². The van der Waals surface area contributed by atoms with Gasteiger partial charge in [-0.05, 0) is 28.8 Å². The van der Waals surface area contributed by atoms with E-state index in [1.54, 1.807) is 54.6 Å². The number of aliphatic hydroxyl groups is 1. The number of hydrogen-bond donors (Lipinski definition) is 1. The summed E-state index contributed by atoms with van der Waals surface area (Å²) in [4.78, 5) is 18.9. The van der Waals surface area contributed by atoms with Crippen LogP contribution in [0.3, 0.4) is 0 Å². The van der Waals surface area contributed by atoms with Gasteiger partial charge >= 0.3 is 0 Å². The molecule has 10 heteroatoms. The van der Waals surface area contributed by atoms with Crippen molar-refractivity contribution < 1.29 is 23.1 Å². The summed E-state index contributed by atoms with van der Waals surface area (Å²) in [6.45, 7) is 0.0451. The fraction of sp³-hybridized carbons (Fsp3) is 0.200. The van der Waals surface area contributed by atoms with Crippen LogP contribution in [0.4, 0.5) is 0 Å². The zero-order valence-electron chi connectivity index (χ0n) is 21.2. The Hall–Kier alpha value is -3.08. The molecule has 2 heterocycles.